The van der Waals surface area contributed by atoms with E-state index in [0.29, 0.717) is 49.3 Å². The molecule has 1 saturated heterocycles. The zero-order valence-electron chi connectivity index (χ0n) is 15.8. The minimum Gasteiger partial charge on any atom is -0.457 e. The second kappa shape index (κ2) is 9.77. The van der Waals surface area contributed by atoms with Crippen LogP contribution in [0.3, 0.4) is 0 Å². The Hall–Kier alpha value is -3.04. The maximum Gasteiger partial charge on any atom is 0.444 e. The molecule has 9 nitrogen and oxygen atoms in total. The molecule has 2 heterocycles. The largest absolute Gasteiger partial charge is 0.457 e. The minimum atomic E-state index is 0.453. The molecule has 1 aromatic heterocycles. The summed E-state index contributed by atoms with van der Waals surface area (Å²) in [5.74, 6) is 1.60. The second-order valence-corrected chi connectivity index (χ2v) is 6.18. The molecule has 1 radical (unpaired) electrons. The molecular weight excluding hydrogens is 362 g/mol. The smallest absolute Gasteiger partial charge is 0.444 e. The van der Waals surface area contributed by atoms with E-state index in [2.05, 4.69) is 15.2 Å². The van der Waals surface area contributed by atoms with E-state index in [1.54, 1.807) is 31.4 Å². The number of nitrogen functional groups attached to an aromatic ring is 1. The van der Waals surface area contributed by atoms with Crippen LogP contribution in [0.4, 0.5) is 17.2 Å². The fourth-order valence-electron chi connectivity index (χ4n) is 2.88. The van der Waals surface area contributed by atoms with E-state index in [1.165, 1.54) is 11.5 Å². The Balaban J connectivity index is 1.68. The van der Waals surface area contributed by atoms with Crippen LogP contribution in [0.15, 0.2) is 36.5 Å². The highest BCUT2D eigenvalue weighted by Crippen LogP contribution is 2.29. The molecular formula is C19H24N5O4. The van der Waals surface area contributed by atoms with Gasteiger partial charge in [-0.1, -0.05) is 0 Å². The normalized spacial score (nSPS) is 14.3. The van der Waals surface area contributed by atoms with Crippen LogP contribution in [-0.4, -0.2) is 62.8 Å². The topological polar surface area (TPSA) is 102 Å². The first-order valence-corrected chi connectivity index (χ1v) is 9.02. The molecule has 149 valence electrons. The number of benzene rings is 1. The summed E-state index contributed by atoms with van der Waals surface area (Å²) in [5.41, 5.74) is 7.38. The van der Waals surface area contributed by atoms with E-state index < -0.39 is 0 Å². The van der Waals surface area contributed by atoms with Crippen LogP contribution in [0.25, 0.3) is 0 Å². The molecule has 0 amide bonds. The Morgan fingerprint density at radius 1 is 1.29 bits per heavy atom. The fraction of sp³-hybridized carbons (Fsp3) is 0.368. The highest BCUT2D eigenvalue weighted by Gasteiger charge is 2.16. The van der Waals surface area contributed by atoms with Crippen molar-refractivity contribution in [2.75, 3.05) is 62.6 Å². The van der Waals surface area contributed by atoms with Crippen LogP contribution in [0, 0.1) is 0 Å². The molecule has 0 saturated carbocycles. The molecule has 28 heavy (non-hydrogen) atoms. The van der Waals surface area contributed by atoms with Crippen LogP contribution in [0.1, 0.15) is 0 Å². The number of nitrogens with one attached hydrogen (secondary N) is 1. The number of aromatic nitrogens is 1. The van der Waals surface area contributed by atoms with E-state index in [0.717, 1.165) is 18.8 Å². The number of morpholine rings is 1. The number of nitrogens with two attached hydrogens (primary N) is 1. The zero-order chi connectivity index (χ0) is 19.8. The fourth-order valence-corrected chi connectivity index (χ4v) is 2.88. The lowest BCUT2D eigenvalue weighted by Crippen LogP contribution is -2.41. The van der Waals surface area contributed by atoms with E-state index in [4.69, 9.17) is 20.0 Å². The molecule has 0 spiro atoms. The number of ether oxygens (including phenoxy) is 2. The Morgan fingerprint density at radius 2 is 2.07 bits per heavy atom. The third-order valence-corrected chi connectivity index (χ3v) is 4.37. The number of anilines is 3. The van der Waals surface area contributed by atoms with Crippen molar-refractivity contribution in [3.8, 4) is 11.5 Å². The molecule has 1 fully saturated rings. The summed E-state index contributed by atoms with van der Waals surface area (Å²) in [5, 5.41) is 4.40. The average molecular weight is 386 g/mol. The SMILES string of the molecule is CNc1ccc(Oc2ccnc(N(CCN3CCOCC3)O[C]=O)c2)cc1N. The standard InChI is InChI=1S/C19H24N5O4/c1-21-18-3-2-15(12-17(18)20)28-16-4-5-22-19(13-16)24(27-14-25)7-6-23-8-10-26-11-9-23/h2-5,12-13,21H,6-11,20H2,1H3. The van der Waals surface area contributed by atoms with Gasteiger partial charge in [-0.3, -0.25) is 4.90 Å². The van der Waals surface area contributed by atoms with Gasteiger partial charge >= 0.3 is 6.47 Å². The molecule has 3 N–H and O–H groups in total. The number of hydroxylamine groups is 1. The number of carbonyl (C=O) groups excluding carboxylic acids is 1. The average Bonchev–Trinajstić information content (AvgIpc) is 2.72. The van der Waals surface area contributed by atoms with Gasteiger partial charge in [0.15, 0.2) is 5.82 Å². The van der Waals surface area contributed by atoms with Crippen molar-refractivity contribution in [2.24, 2.45) is 0 Å². The van der Waals surface area contributed by atoms with Crippen molar-refractivity contribution >= 4 is 23.7 Å². The third-order valence-electron chi connectivity index (χ3n) is 4.37. The van der Waals surface area contributed by atoms with Gasteiger partial charge in [0, 0.05) is 45.0 Å². The first-order valence-electron chi connectivity index (χ1n) is 9.02. The zero-order valence-corrected chi connectivity index (χ0v) is 15.8. The molecule has 9 heteroatoms. The summed E-state index contributed by atoms with van der Waals surface area (Å²) >= 11 is 0. The Bertz CT molecular complexity index is 783. The van der Waals surface area contributed by atoms with E-state index in [1.807, 2.05) is 12.1 Å². The van der Waals surface area contributed by atoms with Gasteiger partial charge < -0.3 is 25.4 Å². The summed E-state index contributed by atoms with van der Waals surface area (Å²) in [6.45, 7) is 5.74. The summed E-state index contributed by atoms with van der Waals surface area (Å²) < 4.78 is 11.2. The molecule has 0 bridgehead atoms. The lowest BCUT2D eigenvalue weighted by molar-refractivity contribution is 0.0368. The summed E-state index contributed by atoms with van der Waals surface area (Å²) in [4.78, 5) is 22.3. The van der Waals surface area contributed by atoms with Crippen LogP contribution < -0.4 is 20.9 Å². The van der Waals surface area contributed by atoms with Crippen molar-refractivity contribution < 1.29 is 19.1 Å². The number of rotatable bonds is 9. The quantitative estimate of drug-likeness (QED) is 0.492. The molecule has 1 aromatic carbocycles. The summed E-state index contributed by atoms with van der Waals surface area (Å²) in [6, 6.07) is 8.80. The van der Waals surface area contributed by atoms with E-state index >= 15 is 0 Å². The monoisotopic (exact) mass is 386 g/mol. The Morgan fingerprint density at radius 3 is 2.79 bits per heavy atom. The molecule has 3 rings (SSSR count). The van der Waals surface area contributed by atoms with Crippen LogP contribution in [0.5, 0.6) is 11.5 Å². The van der Waals surface area contributed by atoms with Gasteiger partial charge in [0.05, 0.1) is 31.1 Å². The van der Waals surface area contributed by atoms with Crippen LogP contribution >= 0.6 is 0 Å². The summed E-state index contributed by atoms with van der Waals surface area (Å²) in [7, 11) is 1.80. The number of hydrogen-bond acceptors (Lipinski definition) is 9. The van der Waals surface area contributed by atoms with Gasteiger partial charge in [0.1, 0.15) is 11.5 Å². The number of hydrogen-bond donors (Lipinski definition) is 2. The van der Waals surface area contributed by atoms with Gasteiger partial charge in [0.2, 0.25) is 0 Å². The maximum atomic E-state index is 10.8. The van der Waals surface area contributed by atoms with E-state index in [9.17, 15) is 4.79 Å². The van der Waals surface area contributed by atoms with Gasteiger partial charge in [-0.2, -0.15) is 5.06 Å². The second-order valence-electron chi connectivity index (χ2n) is 6.18. The Labute approximate surface area is 163 Å². The van der Waals surface area contributed by atoms with Crippen LogP contribution in [-0.2, 0) is 14.4 Å². The van der Waals surface area contributed by atoms with Crippen molar-refractivity contribution in [3.63, 3.8) is 0 Å². The van der Waals surface area contributed by atoms with Crippen molar-refractivity contribution in [1.29, 1.82) is 0 Å². The van der Waals surface area contributed by atoms with Gasteiger partial charge in [-0.25, -0.2) is 9.78 Å². The first-order chi connectivity index (χ1) is 13.7. The van der Waals surface area contributed by atoms with Gasteiger partial charge in [-0.15, -0.1) is 0 Å². The number of pyridine rings is 1. The molecule has 2 aromatic rings. The van der Waals surface area contributed by atoms with Crippen LogP contribution in [0.2, 0.25) is 0 Å². The Kier molecular flexibility index (Phi) is 6.88. The first kappa shape index (κ1) is 19.7. The highest BCUT2D eigenvalue weighted by molar-refractivity contribution is 5.68. The van der Waals surface area contributed by atoms with E-state index in [-0.39, 0.29) is 0 Å². The summed E-state index contributed by atoms with van der Waals surface area (Å²) in [6.07, 6.45) is 1.59. The number of nitrogens with zero attached hydrogens (tertiary/aromatic N) is 3. The van der Waals surface area contributed by atoms with Crippen molar-refractivity contribution in [2.45, 2.75) is 0 Å². The third kappa shape index (κ3) is 5.24. The maximum absolute atomic E-state index is 10.8. The molecule has 1 aliphatic heterocycles. The highest BCUT2D eigenvalue weighted by atomic mass is 16.7. The molecule has 0 unspecified atom stereocenters. The van der Waals surface area contributed by atoms with Crippen molar-refractivity contribution in [3.05, 3.63) is 36.5 Å². The van der Waals surface area contributed by atoms with Crippen molar-refractivity contribution in [1.82, 2.24) is 9.88 Å². The lowest BCUT2D eigenvalue weighted by Gasteiger charge is -2.28. The lowest BCUT2D eigenvalue weighted by atomic mass is 10.2. The van der Waals surface area contributed by atoms with Gasteiger partial charge in [0.25, 0.3) is 0 Å². The minimum absolute atomic E-state index is 0.453. The molecule has 1 aliphatic rings. The molecule has 0 aliphatic carbocycles. The predicted molar refractivity (Wildman–Crippen MR) is 106 cm³/mol. The van der Waals surface area contributed by atoms with Gasteiger partial charge in [-0.05, 0) is 18.2 Å². The predicted octanol–water partition coefficient (Wildman–Crippen LogP) is 1.64. The molecule has 0 atom stereocenters.